The molecule has 0 amide bonds. The van der Waals surface area contributed by atoms with Crippen LogP contribution in [0.1, 0.15) is 5.56 Å². The largest absolute Gasteiger partial charge is 0.365 e. The maximum Gasteiger partial charge on any atom is 0.144 e. The Morgan fingerprint density at radius 3 is 2.35 bits per heavy atom. The Morgan fingerprint density at radius 2 is 1.65 bits per heavy atom. The molecule has 3 rings (SSSR count). The van der Waals surface area contributed by atoms with E-state index >= 15 is 0 Å². The monoisotopic (exact) mass is 262 g/mol. The van der Waals surface area contributed by atoms with Crippen LogP contribution in [0.25, 0.3) is 11.1 Å². The minimum atomic E-state index is 0.728. The first-order valence-electron chi connectivity index (χ1n) is 6.41. The molecule has 2 heterocycles. The highest BCUT2D eigenvalue weighted by Gasteiger charge is 1.98. The molecular weight excluding hydrogens is 248 g/mol. The van der Waals surface area contributed by atoms with E-state index in [4.69, 9.17) is 0 Å². The third kappa shape index (κ3) is 2.98. The number of pyridine rings is 1. The fourth-order valence-corrected chi connectivity index (χ4v) is 1.93. The molecule has 0 saturated heterocycles. The Balaban J connectivity index is 1.68. The van der Waals surface area contributed by atoms with Crippen LogP contribution in [0.5, 0.6) is 0 Å². The second-order valence-corrected chi connectivity index (χ2v) is 4.38. The van der Waals surface area contributed by atoms with Gasteiger partial charge in [-0.3, -0.25) is 9.97 Å². The first kappa shape index (κ1) is 12.3. The number of nitrogens with one attached hydrogen (secondary N) is 1. The molecule has 0 aliphatic carbocycles. The van der Waals surface area contributed by atoms with Crippen LogP contribution in [-0.2, 0) is 6.54 Å². The van der Waals surface area contributed by atoms with Crippen LogP contribution < -0.4 is 5.32 Å². The summed E-state index contributed by atoms with van der Waals surface area (Å²) < 4.78 is 0. The quantitative estimate of drug-likeness (QED) is 0.784. The Bertz CT molecular complexity index is 651. The second-order valence-electron chi connectivity index (χ2n) is 4.38. The highest BCUT2D eigenvalue weighted by Crippen LogP contribution is 2.18. The van der Waals surface area contributed by atoms with Crippen molar-refractivity contribution in [2.45, 2.75) is 6.54 Å². The molecule has 0 radical (unpaired) electrons. The van der Waals surface area contributed by atoms with E-state index in [9.17, 15) is 0 Å². The van der Waals surface area contributed by atoms with Gasteiger partial charge in [0.2, 0.25) is 0 Å². The van der Waals surface area contributed by atoms with Crippen molar-refractivity contribution in [3.05, 3.63) is 72.9 Å². The number of aromatic nitrogens is 3. The molecule has 0 atom stereocenters. The van der Waals surface area contributed by atoms with Crippen LogP contribution in [0, 0.1) is 0 Å². The molecule has 2 aromatic heterocycles. The third-order valence-corrected chi connectivity index (χ3v) is 2.99. The molecule has 1 N–H and O–H groups in total. The summed E-state index contributed by atoms with van der Waals surface area (Å²) in [7, 11) is 0. The number of hydrogen-bond donors (Lipinski definition) is 1. The van der Waals surface area contributed by atoms with Gasteiger partial charge in [-0.2, -0.15) is 0 Å². The van der Waals surface area contributed by atoms with Crippen molar-refractivity contribution in [3.8, 4) is 11.1 Å². The smallest absolute Gasteiger partial charge is 0.144 e. The fourth-order valence-electron chi connectivity index (χ4n) is 1.93. The van der Waals surface area contributed by atoms with Gasteiger partial charge in [-0.15, -0.1) is 0 Å². The summed E-state index contributed by atoms with van der Waals surface area (Å²) in [4.78, 5) is 12.3. The van der Waals surface area contributed by atoms with Gasteiger partial charge in [-0.05, 0) is 22.8 Å². The zero-order valence-electron chi connectivity index (χ0n) is 10.9. The molecule has 0 aliphatic heterocycles. The van der Waals surface area contributed by atoms with Gasteiger partial charge in [0, 0.05) is 31.3 Å². The molecule has 1 aromatic carbocycles. The van der Waals surface area contributed by atoms with Crippen molar-refractivity contribution >= 4 is 5.82 Å². The molecule has 0 bridgehead atoms. The predicted molar refractivity (Wildman–Crippen MR) is 79.0 cm³/mol. The van der Waals surface area contributed by atoms with Gasteiger partial charge in [-0.25, -0.2) is 4.98 Å². The molecule has 4 heteroatoms. The number of benzene rings is 1. The molecule has 20 heavy (non-hydrogen) atoms. The summed E-state index contributed by atoms with van der Waals surface area (Å²) in [5, 5.41) is 3.23. The SMILES string of the molecule is c1cncc(-c2ccc(CNc3cnccn3)cc2)c1. The van der Waals surface area contributed by atoms with Gasteiger partial charge < -0.3 is 5.32 Å². The molecule has 0 fully saturated rings. The van der Waals surface area contributed by atoms with Crippen molar-refractivity contribution in [2.75, 3.05) is 5.32 Å². The Kier molecular flexibility index (Phi) is 3.64. The normalized spacial score (nSPS) is 10.2. The first-order valence-corrected chi connectivity index (χ1v) is 6.41. The third-order valence-electron chi connectivity index (χ3n) is 2.99. The summed E-state index contributed by atoms with van der Waals surface area (Å²) in [6.45, 7) is 0.728. The number of nitrogens with zero attached hydrogens (tertiary/aromatic N) is 3. The van der Waals surface area contributed by atoms with Gasteiger partial charge in [0.25, 0.3) is 0 Å². The molecule has 0 spiro atoms. The predicted octanol–water partition coefficient (Wildman–Crippen LogP) is 3.15. The zero-order chi connectivity index (χ0) is 13.6. The lowest BCUT2D eigenvalue weighted by Crippen LogP contribution is -2.01. The Labute approximate surface area is 117 Å². The summed E-state index contributed by atoms with van der Waals surface area (Å²) >= 11 is 0. The summed E-state index contributed by atoms with van der Waals surface area (Å²) in [5.74, 6) is 0.781. The van der Waals surface area contributed by atoms with E-state index in [1.54, 1.807) is 24.8 Å². The van der Waals surface area contributed by atoms with Crippen LogP contribution in [0.3, 0.4) is 0 Å². The summed E-state index contributed by atoms with van der Waals surface area (Å²) in [5.41, 5.74) is 3.49. The van der Waals surface area contributed by atoms with E-state index in [0.29, 0.717) is 0 Å². The zero-order valence-corrected chi connectivity index (χ0v) is 10.9. The lowest BCUT2D eigenvalue weighted by molar-refractivity contribution is 1.09. The molecule has 3 aromatic rings. The van der Waals surface area contributed by atoms with Crippen molar-refractivity contribution in [1.29, 1.82) is 0 Å². The number of anilines is 1. The Morgan fingerprint density at radius 1 is 0.800 bits per heavy atom. The van der Waals surface area contributed by atoms with E-state index in [0.717, 1.165) is 17.9 Å². The minimum Gasteiger partial charge on any atom is -0.365 e. The fraction of sp³-hybridized carbons (Fsp3) is 0.0625. The van der Waals surface area contributed by atoms with Crippen molar-refractivity contribution in [2.24, 2.45) is 0 Å². The van der Waals surface area contributed by atoms with E-state index in [-0.39, 0.29) is 0 Å². The second kappa shape index (κ2) is 5.93. The van der Waals surface area contributed by atoms with Gasteiger partial charge >= 0.3 is 0 Å². The molecular formula is C16H14N4. The van der Waals surface area contributed by atoms with E-state index in [1.165, 1.54) is 11.1 Å². The lowest BCUT2D eigenvalue weighted by Gasteiger charge is -2.06. The van der Waals surface area contributed by atoms with Gasteiger partial charge in [0.15, 0.2) is 0 Å². The van der Waals surface area contributed by atoms with Crippen molar-refractivity contribution in [1.82, 2.24) is 15.0 Å². The van der Waals surface area contributed by atoms with Crippen LogP contribution in [0.15, 0.2) is 67.4 Å². The summed E-state index contributed by atoms with van der Waals surface area (Å²) in [6.07, 6.45) is 8.70. The van der Waals surface area contributed by atoms with E-state index in [1.807, 2.05) is 12.3 Å². The van der Waals surface area contributed by atoms with E-state index < -0.39 is 0 Å². The van der Waals surface area contributed by atoms with Gasteiger partial charge in [-0.1, -0.05) is 30.3 Å². The molecule has 98 valence electrons. The van der Waals surface area contributed by atoms with E-state index in [2.05, 4.69) is 50.6 Å². The highest BCUT2D eigenvalue weighted by molar-refractivity contribution is 5.62. The highest BCUT2D eigenvalue weighted by atomic mass is 15.0. The first-order chi connectivity index (χ1) is 9.92. The average Bonchev–Trinajstić information content (AvgIpc) is 2.55. The molecule has 4 nitrogen and oxygen atoms in total. The number of rotatable bonds is 4. The minimum absolute atomic E-state index is 0.728. The van der Waals surface area contributed by atoms with Crippen molar-refractivity contribution in [3.63, 3.8) is 0 Å². The van der Waals surface area contributed by atoms with Gasteiger partial charge in [0.1, 0.15) is 5.82 Å². The van der Waals surface area contributed by atoms with Crippen LogP contribution in [0.2, 0.25) is 0 Å². The maximum absolute atomic E-state index is 4.18. The maximum atomic E-state index is 4.18. The molecule has 0 aliphatic rings. The van der Waals surface area contributed by atoms with Crippen LogP contribution in [-0.4, -0.2) is 15.0 Å². The lowest BCUT2D eigenvalue weighted by atomic mass is 10.1. The summed E-state index contributed by atoms with van der Waals surface area (Å²) in [6, 6.07) is 12.4. The van der Waals surface area contributed by atoms with Crippen LogP contribution in [0.4, 0.5) is 5.82 Å². The molecule has 0 unspecified atom stereocenters. The average molecular weight is 262 g/mol. The standard InChI is InChI=1S/C16H14N4/c1-2-15(11-17-7-1)14-5-3-13(4-6-14)10-20-16-12-18-8-9-19-16/h1-9,11-12H,10H2,(H,19,20). The van der Waals surface area contributed by atoms with Gasteiger partial charge in [0.05, 0.1) is 6.20 Å². The number of hydrogen-bond acceptors (Lipinski definition) is 4. The van der Waals surface area contributed by atoms with Crippen LogP contribution >= 0.6 is 0 Å². The topological polar surface area (TPSA) is 50.7 Å². The Hall–Kier alpha value is -2.75. The van der Waals surface area contributed by atoms with Crippen molar-refractivity contribution < 1.29 is 0 Å². The molecule has 0 saturated carbocycles.